The molecule has 0 aromatic carbocycles. The van der Waals surface area contributed by atoms with Crippen molar-refractivity contribution in [3.8, 4) is 0 Å². The van der Waals surface area contributed by atoms with Crippen molar-refractivity contribution in [2.45, 2.75) is 20.8 Å². The average molecular weight is 221 g/mol. The predicted molar refractivity (Wildman–Crippen MR) is 72.3 cm³/mol. The Bertz CT molecular complexity index is 299. The van der Waals surface area contributed by atoms with Crippen LogP contribution in [0.4, 0.5) is 4.39 Å². The minimum absolute atomic E-state index is 0.543. The van der Waals surface area contributed by atoms with Crippen LogP contribution in [0.1, 0.15) is 20.8 Å². The van der Waals surface area contributed by atoms with Gasteiger partial charge in [0.2, 0.25) is 5.95 Å². The molecule has 0 fully saturated rings. The molecular formula is C14H20FN. The van der Waals surface area contributed by atoms with Crippen LogP contribution in [0.5, 0.6) is 0 Å². The number of nitrogens with zero attached hydrogens (tertiary/aromatic N) is 1. The standard InChI is InChI=1S/C12H14FN.C2H6/c1-9(2)6-7-10(3)11(4)8-14-12(5)13;1-2/h6-8H,1,3-5H2,2H3;1-2H3/b7-6-,14-8-;. The van der Waals surface area contributed by atoms with Gasteiger partial charge in [0.1, 0.15) is 0 Å². The topological polar surface area (TPSA) is 12.4 Å². The van der Waals surface area contributed by atoms with Crippen molar-refractivity contribution in [3.05, 3.63) is 61.1 Å². The summed E-state index contributed by atoms with van der Waals surface area (Å²) in [6.45, 7) is 20.0. The molecule has 0 unspecified atom stereocenters. The zero-order valence-corrected chi connectivity index (χ0v) is 10.4. The van der Waals surface area contributed by atoms with Gasteiger partial charge < -0.3 is 0 Å². The van der Waals surface area contributed by atoms with Gasteiger partial charge in [0, 0.05) is 6.21 Å². The molecule has 0 aromatic rings. The summed E-state index contributed by atoms with van der Waals surface area (Å²) in [6.07, 6.45) is 4.83. The van der Waals surface area contributed by atoms with Crippen LogP contribution in [-0.4, -0.2) is 6.21 Å². The fraction of sp³-hybridized carbons (Fsp3) is 0.214. The van der Waals surface area contributed by atoms with Crippen molar-refractivity contribution in [1.29, 1.82) is 0 Å². The Morgan fingerprint density at radius 1 is 1.00 bits per heavy atom. The normalized spacial score (nSPS) is 9.75. The summed E-state index contributed by atoms with van der Waals surface area (Å²) in [5.74, 6) is -0.747. The molecular weight excluding hydrogens is 201 g/mol. The van der Waals surface area contributed by atoms with Crippen molar-refractivity contribution < 1.29 is 4.39 Å². The minimum atomic E-state index is -0.747. The summed E-state index contributed by atoms with van der Waals surface area (Å²) < 4.78 is 12.1. The van der Waals surface area contributed by atoms with Gasteiger partial charge in [0.05, 0.1) is 0 Å². The highest BCUT2D eigenvalue weighted by Crippen LogP contribution is 2.06. The van der Waals surface area contributed by atoms with Crippen molar-refractivity contribution >= 4 is 6.21 Å². The third kappa shape index (κ3) is 10.4. The second kappa shape index (κ2) is 9.84. The number of hydrogen-bond donors (Lipinski definition) is 0. The maximum Gasteiger partial charge on any atom is 0.205 e. The van der Waals surface area contributed by atoms with Crippen molar-refractivity contribution in [2.75, 3.05) is 0 Å². The smallest absolute Gasteiger partial charge is 0.205 e. The molecule has 0 radical (unpaired) electrons. The molecule has 0 bridgehead atoms. The summed E-state index contributed by atoms with van der Waals surface area (Å²) in [4.78, 5) is 3.37. The van der Waals surface area contributed by atoms with Gasteiger partial charge in [-0.15, -0.1) is 0 Å². The van der Waals surface area contributed by atoms with E-state index in [9.17, 15) is 4.39 Å². The van der Waals surface area contributed by atoms with Gasteiger partial charge >= 0.3 is 0 Å². The van der Waals surface area contributed by atoms with Gasteiger partial charge in [-0.2, -0.15) is 4.39 Å². The first-order chi connectivity index (χ1) is 7.43. The van der Waals surface area contributed by atoms with E-state index in [1.807, 2.05) is 20.8 Å². The average Bonchev–Trinajstić information content (AvgIpc) is 2.25. The molecule has 0 aliphatic heterocycles. The fourth-order valence-corrected chi connectivity index (χ4v) is 0.581. The maximum absolute atomic E-state index is 12.1. The number of hydrogen-bond acceptors (Lipinski definition) is 1. The lowest BCUT2D eigenvalue weighted by atomic mass is 10.1. The van der Waals surface area contributed by atoms with Gasteiger partial charge in [-0.05, 0) is 24.6 Å². The first-order valence-electron chi connectivity index (χ1n) is 5.03. The lowest BCUT2D eigenvalue weighted by molar-refractivity contribution is 0.634. The molecule has 0 spiro atoms. The Morgan fingerprint density at radius 2 is 1.50 bits per heavy atom. The SMILES string of the molecule is C=C(C)/C=C\C(=C)C(=C)/C=N\C(=C)F.CC. The molecule has 16 heavy (non-hydrogen) atoms. The largest absolute Gasteiger partial charge is 0.228 e. The molecule has 0 heterocycles. The van der Waals surface area contributed by atoms with E-state index in [4.69, 9.17) is 0 Å². The molecule has 0 aliphatic carbocycles. The third-order valence-corrected chi connectivity index (χ3v) is 1.34. The Hall–Kier alpha value is -1.70. The van der Waals surface area contributed by atoms with Crippen LogP contribution in [0.2, 0.25) is 0 Å². The van der Waals surface area contributed by atoms with Crippen molar-refractivity contribution in [3.63, 3.8) is 0 Å². The molecule has 0 saturated heterocycles. The first kappa shape index (κ1) is 16.7. The van der Waals surface area contributed by atoms with Gasteiger partial charge in [-0.25, -0.2) is 4.99 Å². The number of halogens is 1. The molecule has 0 aliphatic rings. The van der Waals surface area contributed by atoms with Crippen molar-refractivity contribution in [2.24, 2.45) is 4.99 Å². The van der Waals surface area contributed by atoms with Crippen LogP contribution >= 0.6 is 0 Å². The zero-order valence-electron chi connectivity index (χ0n) is 10.4. The minimum Gasteiger partial charge on any atom is -0.228 e. The third-order valence-electron chi connectivity index (χ3n) is 1.34. The summed E-state index contributed by atoms with van der Waals surface area (Å²) in [5.41, 5.74) is 2.12. The molecule has 1 nitrogen and oxygen atoms in total. The quantitative estimate of drug-likeness (QED) is 0.360. The van der Waals surface area contributed by atoms with E-state index in [0.717, 1.165) is 5.57 Å². The first-order valence-corrected chi connectivity index (χ1v) is 5.03. The number of rotatable bonds is 5. The van der Waals surface area contributed by atoms with Crippen molar-refractivity contribution in [1.82, 2.24) is 0 Å². The summed E-state index contributed by atoms with van der Waals surface area (Å²) in [5, 5.41) is 0. The summed E-state index contributed by atoms with van der Waals surface area (Å²) in [6, 6.07) is 0. The number of aliphatic imine (C=N–C) groups is 1. The predicted octanol–water partition coefficient (Wildman–Crippen LogP) is 4.77. The Kier molecular flexibility index (Phi) is 10.3. The molecule has 0 rings (SSSR count). The fourth-order valence-electron chi connectivity index (χ4n) is 0.581. The molecule has 0 aromatic heterocycles. The lowest BCUT2D eigenvalue weighted by Crippen LogP contribution is -1.84. The molecule has 0 N–H and O–H groups in total. The lowest BCUT2D eigenvalue weighted by Gasteiger charge is -1.97. The highest BCUT2D eigenvalue weighted by atomic mass is 19.1. The van der Waals surface area contributed by atoms with Crippen LogP contribution in [0.25, 0.3) is 0 Å². The van der Waals surface area contributed by atoms with Crippen LogP contribution in [-0.2, 0) is 0 Å². The van der Waals surface area contributed by atoms with Gasteiger partial charge in [0.25, 0.3) is 0 Å². The molecule has 2 heteroatoms. The Balaban J connectivity index is 0. The zero-order chi connectivity index (χ0) is 13.1. The summed E-state index contributed by atoms with van der Waals surface area (Å²) >= 11 is 0. The van der Waals surface area contributed by atoms with Crippen LogP contribution in [0.3, 0.4) is 0 Å². The van der Waals surface area contributed by atoms with Crippen LogP contribution in [0, 0.1) is 0 Å². The van der Waals surface area contributed by atoms with E-state index in [0.29, 0.717) is 11.1 Å². The second-order valence-corrected chi connectivity index (χ2v) is 2.86. The van der Waals surface area contributed by atoms with E-state index in [1.165, 1.54) is 6.21 Å². The molecule has 0 atom stereocenters. The second-order valence-electron chi connectivity index (χ2n) is 2.86. The molecule has 0 amide bonds. The van der Waals surface area contributed by atoms with Gasteiger partial charge in [-0.3, -0.25) is 0 Å². The van der Waals surface area contributed by atoms with Gasteiger partial charge in [0.15, 0.2) is 0 Å². The molecule has 0 saturated carbocycles. The van der Waals surface area contributed by atoms with Crippen LogP contribution < -0.4 is 0 Å². The highest BCUT2D eigenvalue weighted by Gasteiger charge is 1.92. The summed E-state index contributed by atoms with van der Waals surface area (Å²) in [7, 11) is 0. The van der Waals surface area contributed by atoms with E-state index in [2.05, 4.69) is 31.3 Å². The highest BCUT2D eigenvalue weighted by molar-refractivity contribution is 5.85. The Morgan fingerprint density at radius 3 is 1.88 bits per heavy atom. The molecule has 88 valence electrons. The van der Waals surface area contributed by atoms with E-state index in [1.54, 1.807) is 12.2 Å². The van der Waals surface area contributed by atoms with Gasteiger partial charge in [-0.1, -0.05) is 51.3 Å². The van der Waals surface area contributed by atoms with E-state index >= 15 is 0 Å². The van der Waals surface area contributed by atoms with E-state index < -0.39 is 5.95 Å². The monoisotopic (exact) mass is 221 g/mol. The maximum atomic E-state index is 12.1. The Labute approximate surface area is 98.1 Å². The number of allylic oxidation sites excluding steroid dienone is 5. The van der Waals surface area contributed by atoms with Crippen LogP contribution in [0.15, 0.2) is 66.1 Å². The van der Waals surface area contributed by atoms with E-state index in [-0.39, 0.29) is 0 Å².